The molecular weight excluding hydrogens is 388 g/mol. The molecule has 7 heteroatoms. The van der Waals surface area contributed by atoms with Crippen molar-refractivity contribution in [2.75, 3.05) is 19.6 Å². The maximum atomic E-state index is 12.9. The highest BCUT2D eigenvalue weighted by Gasteiger charge is 2.26. The van der Waals surface area contributed by atoms with Gasteiger partial charge in [0.15, 0.2) is 0 Å². The van der Waals surface area contributed by atoms with Crippen LogP contribution in [0.1, 0.15) is 60.3 Å². The number of halogens is 1. The Labute approximate surface area is 175 Å². The second-order valence-electron chi connectivity index (χ2n) is 7.79. The average molecular weight is 413 g/mol. The number of pyridine rings is 1. The minimum Gasteiger partial charge on any atom is -0.350 e. The molecule has 0 saturated carbocycles. The van der Waals surface area contributed by atoms with Crippen LogP contribution < -0.4 is 5.32 Å². The lowest BCUT2D eigenvalue weighted by molar-refractivity contribution is 0.0937. The summed E-state index contributed by atoms with van der Waals surface area (Å²) in [6.07, 6.45) is 3.87. The lowest BCUT2D eigenvalue weighted by Gasteiger charge is -2.29. The Bertz CT molecular complexity index is 1010. The van der Waals surface area contributed by atoms with Crippen LogP contribution in [-0.2, 0) is 0 Å². The van der Waals surface area contributed by atoms with Crippen molar-refractivity contribution in [1.82, 2.24) is 20.4 Å². The minimum absolute atomic E-state index is 0.0497. The highest BCUT2D eigenvalue weighted by atomic mass is 35.5. The number of amides is 1. The fourth-order valence-electron chi connectivity index (χ4n) is 3.92. The van der Waals surface area contributed by atoms with Crippen LogP contribution in [0.25, 0.3) is 11.1 Å². The van der Waals surface area contributed by atoms with Crippen LogP contribution >= 0.6 is 11.6 Å². The number of fused-ring (bicyclic) bond motifs is 1. The summed E-state index contributed by atoms with van der Waals surface area (Å²) in [6.45, 7) is 6.58. The zero-order valence-electron chi connectivity index (χ0n) is 16.7. The molecule has 1 fully saturated rings. The van der Waals surface area contributed by atoms with E-state index in [-0.39, 0.29) is 17.9 Å². The van der Waals surface area contributed by atoms with E-state index in [9.17, 15) is 4.79 Å². The predicted molar refractivity (Wildman–Crippen MR) is 113 cm³/mol. The van der Waals surface area contributed by atoms with Crippen LogP contribution in [0.3, 0.4) is 0 Å². The van der Waals surface area contributed by atoms with Gasteiger partial charge in [-0.25, -0.2) is 4.98 Å². The van der Waals surface area contributed by atoms with E-state index in [2.05, 4.69) is 20.4 Å². The van der Waals surface area contributed by atoms with E-state index >= 15 is 0 Å². The van der Waals surface area contributed by atoms with Crippen LogP contribution in [-0.4, -0.2) is 40.6 Å². The van der Waals surface area contributed by atoms with E-state index in [0.29, 0.717) is 17.8 Å². The van der Waals surface area contributed by atoms with Crippen molar-refractivity contribution in [3.63, 3.8) is 0 Å². The van der Waals surface area contributed by atoms with Crippen LogP contribution in [0.2, 0.25) is 5.02 Å². The first-order valence-corrected chi connectivity index (χ1v) is 10.4. The van der Waals surface area contributed by atoms with Crippen molar-refractivity contribution in [3.05, 3.63) is 58.4 Å². The standard InChI is InChI=1S/C22H25ClN4O2/c1-14(2)20-17-11-15(12-25-22(17)29-26-20)21(28)24-13-19(27-9-5-6-10-27)16-7-3-4-8-18(16)23/h3-4,7-8,11-12,14,19H,5-6,9-10,13H2,1-2H3,(H,24,28). The Kier molecular flexibility index (Phi) is 5.83. The molecule has 1 aliphatic heterocycles. The summed E-state index contributed by atoms with van der Waals surface area (Å²) in [4.78, 5) is 19.5. The van der Waals surface area contributed by atoms with Gasteiger partial charge in [-0.2, -0.15) is 0 Å². The Balaban J connectivity index is 1.54. The smallest absolute Gasteiger partial charge is 0.257 e. The molecular formula is C22H25ClN4O2. The van der Waals surface area contributed by atoms with Gasteiger partial charge in [-0.05, 0) is 49.5 Å². The van der Waals surface area contributed by atoms with Gasteiger partial charge in [0.2, 0.25) is 0 Å². The summed E-state index contributed by atoms with van der Waals surface area (Å²) in [7, 11) is 0. The van der Waals surface area contributed by atoms with Gasteiger partial charge in [0.1, 0.15) is 0 Å². The second kappa shape index (κ2) is 8.51. The number of rotatable bonds is 6. The van der Waals surface area contributed by atoms with Gasteiger partial charge in [0.25, 0.3) is 11.6 Å². The molecule has 0 radical (unpaired) electrons. The van der Waals surface area contributed by atoms with Crippen LogP contribution in [0.4, 0.5) is 0 Å². The number of nitrogens with zero attached hydrogens (tertiary/aromatic N) is 3. The maximum absolute atomic E-state index is 12.9. The van der Waals surface area contributed by atoms with Crippen molar-refractivity contribution in [3.8, 4) is 0 Å². The number of carbonyl (C=O) groups is 1. The fourth-order valence-corrected chi connectivity index (χ4v) is 4.18. The molecule has 2 aromatic heterocycles. The van der Waals surface area contributed by atoms with Crippen LogP contribution in [0.5, 0.6) is 0 Å². The molecule has 1 unspecified atom stereocenters. The molecule has 1 N–H and O–H groups in total. The number of hydrogen-bond acceptors (Lipinski definition) is 5. The monoisotopic (exact) mass is 412 g/mol. The number of likely N-dealkylation sites (tertiary alicyclic amines) is 1. The van der Waals surface area contributed by atoms with Crippen molar-refractivity contribution >= 4 is 28.6 Å². The normalized spacial score (nSPS) is 15.9. The summed E-state index contributed by atoms with van der Waals surface area (Å²) in [6, 6.07) is 9.72. The van der Waals surface area contributed by atoms with Gasteiger partial charge in [0, 0.05) is 17.8 Å². The van der Waals surface area contributed by atoms with Gasteiger partial charge >= 0.3 is 0 Å². The molecule has 0 spiro atoms. The molecule has 1 aromatic carbocycles. The van der Waals surface area contributed by atoms with Crippen molar-refractivity contribution in [2.45, 2.75) is 38.6 Å². The summed E-state index contributed by atoms with van der Waals surface area (Å²) >= 11 is 6.46. The molecule has 1 saturated heterocycles. The number of carbonyl (C=O) groups excluding carboxylic acids is 1. The topological polar surface area (TPSA) is 71.3 Å². The van der Waals surface area contributed by atoms with Crippen molar-refractivity contribution in [2.24, 2.45) is 0 Å². The SMILES string of the molecule is CC(C)c1noc2ncc(C(=O)NCC(c3ccccc3Cl)N3CCCC3)cc12. The average Bonchev–Trinajstić information content (AvgIpc) is 3.38. The molecule has 3 aromatic rings. The van der Waals surface area contributed by atoms with Gasteiger partial charge in [-0.15, -0.1) is 0 Å². The summed E-state index contributed by atoms with van der Waals surface area (Å²) in [5, 5.41) is 8.67. The Morgan fingerprint density at radius 3 is 2.76 bits per heavy atom. The van der Waals surface area contributed by atoms with E-state index < -0.39 is 0 Å². The molecule has 1 aliphatic rings. The number of aromatic nitrogens is 2. The van der Waals surface area contributed by atoms with E-state index in [1.165, 1.54) is 19.0 Å². The lowest BCUT2D eigenvalue weighted by atomic mass is 10.0. The summed E-state index contributed by atoms with van der Waals surface area (Å²) in [5.74, 6) is 0.0303. The third-order valence-electron chi connectivity index (χ3n) is 5.47. The van der Waals surface area contributed by atoms with E-state index in [4.69, 9.17) is 16.1 Å². The predicted octanol–water partition coefficient (Wildman–Crippen LogP) is 4.57. The molecule has 0 aliphatic carbocycles. The quantitative estimate of drug-likeness (QED) is 0.642. The van der Waals surface area contributed by atoms with Gasteiger partial charge < -0.3 is 9.84 Å². The van der Waals surface area contributed by atoms with Gasteiger partial charge in [0.05, 0.1) is 22.7 Å². The number of benzene rings is 1. The van der Waals surface area contributed by atoms with E-state index in [1.54, 1.807) is 0 Å². The summed E-state index contributed by atoms with van der Waals surface area (Å²) in [5.41, 5.74) is 2.82. The Morgan fingerprint density at radius 1 is 1.28 bits per heavy atom. The molecule has 4 rings (SSSR count). The minimum atomic E-state index is -0.161. The highest BCUT2D eigenvalue weighted by molar-refractivity contribution is 6.31. The first kappa shape index (κ1) is 19.9. The Morgan fingerprint density at radius 2 is 2.03 bits per heavy atom. The number of hydrogen-bond donors (Lipinski definition) is 1. The van der Waals surface area contributed by atoms with Gasteiger partial charge in [-0.1, -0.05) is 48.8 Å². The van der Waals surface area contributed by atoms with Crippen LogP contribution in [0, 0.1) is 0 Å². The fraction of sp³-hybridized carbons (Fsp3) is 0.409. The Hall–Kier alpha value is -2.44. The number of nitrogens with one attached hydrogen (secondary N) is 1. The van der Waals surface area contributed by atoms with E-state index in [0.717, 1.165) is 34.8 Å². The molecule has 0 bridgehead atoms. The molecule has 29 heavy (non-hydrogen) atoms. The van der Waals surface area contributed by atoms with Crippen molar-refractivity contribution in [1.29, 1.82) is 0 Å². The van der Waals surface area contributed by atoms with Crippen molar-refractivity contribution < 1.29 is 9.32 Å². The van der Waals surface area contributed by atoms with Crippen LogP contribution in [0.15, 0.2) is 41.1 Å². The zero-order valence-corrected chi connectivity index (χ0v) is 17.4. The third-order valence-corrected chi connectivity index (χ3v) is 5.81. The lowest BCUT2D eigenvalue weighted by Crippen LogP contribution is -2.37. The molecule has 6 nitrogen and oxygen atoms in total. The third kappa shape index (κ3) is 4.14. The largest absolute Gasteiger partial charge is 0.350 e. The molecule has 3 heterocycles. The molecule has 152 valence electrons. The second-order valence-corrected chi connectivity index (χ2v) is 8.20. The first-order chi connectivity index (χ1) is 14.0. The summed E-state index contributed by atoms with van der Waals surface area (Å²) < 4.78 is 5.27. The van der Waals surface area contributed by atoms with Gasteiger partial charge in [-0.3, -0.25) is 9.69 Å². The first-order valence-electron chi connectivity index (χ1n) is 10.1. The zero-order chi connectivity index (χ0) is 20.4. The highest BCUT2D eigenvalue weighted by Crippen LogP contribution is 2.30. The van der Waals surface area contributed by atoms with E-state index in [1.807, 2.05) is 44.2 Å². The molecule has 1 atom stereocenters. The maximum Gasteiger partial charge on any atom is 0.257 e. The molecule has 1 amide bonds.